The van der Waals surface area contributed by atoms with Crippen LogP contribution in [0.5, 0.6) is 23.0 Å². The minimum Gasteiger partial charge on any atom is -0.488 e. The van der Waals surface area contributed by atoms with Crippen LogP contribution >= 0.6 is 0 Å². The lowest BCUT2D eigenvalue weighted by molar-refractivity contribution is 0.218. The number of hydrogen-bond donors (Lipinski definition) is 0. The normalized spacial score (nSPS) is 12.7. The van der Waals surface area contributed by atoms with E-state index in [0.29, 0.717) is 45.7 Å². The van der Waals surface area contributed by atoms with Gasteiger partial charge in [-0.2, -0.15) is 25.0 Å². The van der Waals surface area contributed by atoms with Crippen LogP contribution in [0.3, 0.4) is 0 Å². The zero-order valence-electron chi connectivity index (χ0n) is 31.1. The summed E-state index contributed by atoms with van der Waals surface area (Å²) in [5.74, 6) is 2.26. The van der Waals surface area contributed by atoms with Crippen molar-refractivity contribution in [2.45, 2.75) is 45.4 Å². The molecule has 1 heterocycles. The lowest BCUT2D eigenvalue weighted by atomic mass is 10.0. The first-order valence-electron chi connectivity index (χ1n) is 18.8. The third-order valence-electron chi connectivity index (χ3n) is 8.50. The van der Waals surface area contributed by atoms with Gasteiger partial charge in [0.2, 0.25) is 0 Å². The van der Waals surface area contributed by atoms with Gasteiger partial charge < -0.3 is 18.9 Å². The quantitative estimate of drug-likeness (QED) is 0.111. The second-order valence-corrected chi connectivity index (χ2v) is 12.5. The van der Waals surface area contributed by atoms with Gasteiger partial charge in [-0.05, 0) is 66.6 Å². The van der Waals surface area contributed by atoms with Gasteiger partial charge in [-0.1, -0.05) is 99.7 Å². The van der Waals surface area contributed by atoms with E-state index in [1.165, 1.54) is 32.1 Å². The molecule has 0 atom stereocenters. The minimum absolute atomic E-state index is 0.232. The van der Waals surface area contributed by atoms with Crippen LogP contribution in [-0.4, -0.2) is 51.0 Å². The number of unbranched alkanes of at least 4 members (excludes halogenated alkanes) is 5. The topological polar surface area (TPSA) is 111 Å². The maximum atomic E-state index is 6.29. The van der Waals surface area contributed by atoms with E-state index in [0.717, 1.165) is 29.8 Å². The number of hydrogen-bond acceptors (Lipinski definition) is 10. The molecule has 0 N–H and O–H groups in total. The molecule has 0 spiro atoms. The number of para-hydroxylation sites is 7. The molecule has 0 saturated carbocycles. The molecule has 1 aliphatic heterocycles. The lowest BCUT2D eigenvalue weighted by Gasteiger charge is -2.13. The minimum atomic E-state index is 0.232. The van der Waals surface area contributed by atoms with Crippen molar-refractivity contribution in [1.29, 1.82) is 0 Å². The Morgan fingerprint density at radius 1 is 0.545 bits per heavy atom. The van der Waals surface area contributed by atoms with Gasteiger partial charge >= 0.3 is 0 Å². The van der Waals surface area contributed by atoms with Gasteiger partial charge in [0, 0.05) is 12.1 Å². The van der Waals surface area contributed by atoms with E-state index >= 15 is 0 Å². The molecular weight excluding hydrogens is 689 g/mol. The second-order valence-electron chi connectivity index (χ2n) is 12.5. The predicted molar refractivity (Wildman–Crippen MR) is 219 cm³/mol. The van der Waals surface area contributed by atoms with Crippen molar-refractivity contribution < 1.29 is 18.9 Å². The highest BCUT2D eigenvalue weighted by Gasteiger charge is 2.13. The molecule has 10 heteroatoms. The van der Waals surface area contributed by atoms with Crippen LogP contribution in [0.4, 0.5) is 28.4 Å². The van der Waals surface area contributed by atoms with Crippen LogP contribution in [0.15, 0.2) is 145 Å². The molecule has 55 heavy (non-hydrogen) atoms. The van der Waals surface area contributed by atoms with Crippen molar-refractivity contribution in [3.05, 3.63) is 115 Å². The third kappa shape index (κ3) is 11.7. The lowest BCUT2D eigenvalue weighted by Crippen LogP contribution is -2.09. The standard InChI is InChI=1S/C45H44N6O4/c1-2-3-4-5-6-13-26-46-32-47-36-17-14-16-35(31-36)37-18-15-25-44-45(37)51-34-50-40-21-9-12-24-43(40)53-28-27-52-41-22-10-7-19-38(41)48-33-49-39-20-8-11-23-42(39)54-29-30-55-44/h7-12,14-25,31H,2-6,13,26-30H2,1H3. The van der Waals surface area contributed by atoms with Gasteiger partial charge in [-0.25, -0.2) is 4.99 Å². The molecule has 0 aliphatic carbocycles. The van der Waals surface area contributed by atoms with E-state index in [2.05, 4.69) is 49.9 Å². The molecule has 0 amide bonds. The molecule has 0 bridgehead atoms. The van der Waals surface area contributed by atoms with Gasteiger partial charge in [0.15, 0.2) is 0 Å². The fourth-order valence-electron chi connectivity index (χ4n) is 5.73. The Hall–Kier alpha value is -6.56. The zero-order valence-corrected chi connectivity index (χ0v) is 31.1. The van der Waals surface area contributed by atoms with E-state index < -0.39 is 0 Å². The Bertz CT molecular complexity index is 2220. The Labute approximate surface area is 322 Å². The second kappa shape index (κ2) is 21.2. The number of aliphatic imine (C=N–C) groups is 6. The monoisotopic (exact) mass is 732 g/mol. The third-order valence-corrected chi connectivity index (χ3v) is 8.50. The molecule has 5 aromatic rings. The van der Waals surface area contributed by atoms with Gasteiger partial charge in [-0.3, -0.25) is 0 Å². The molecule has 6 rings (SSSR count). The smallest absolute Gasteiger partial charge is 0.146 e. The first-order valence-corrected chi connectivity index (χ1v) is 18.8. The Balaban J connectivity index is 1.28. The van der Waals surface area contributed by atoms with Gasteiger partial charge in [0.25, 0.3) is 0 Å². The largest absolute Gasteiger partial charge is 0.488 e. The fourth-order valence-corrected chi connectivity index (χ4v) is 5.73. The van der Waals surface area contributed by atoms with Crippen LogP contribution in [-0.2, 0) is 0 Å². The first-order chi connectivity index (χ1) is 27.3. The number of nitrogens with zero attached hydrogens (tertiary/aromatic N) is 6. The summed E-state index contributed by atoms with van der Waals surface area (Å²) in [6.45, 7) is 3.97. The van der Waals surface area contributed by atoms with Gasteiger partial charge in [-0.15, -0.1) is 0 Å². The van der Waals surface area contributed by atoms with Crippen molar-refractivity contribution in [1.82, 2.24) is 0 Å². The van der Waals surface area contributed by atoms with E-state index in [1.54, 1.807) is 0 Å². The van der Waals surface area contributed by atoms with E-state index in [4.69, 9.17) is 23.9 Å². The average molecular weight is 733 g/mol. The molecular formula is C45H44N6O4. The number of ether oxygens (including phenoxy) is 4. The molecule has 10 nitrogen and oxygen atoms in total. The van der Waals surface area contributed by atoms with E-state index in [-0.39, 0.29) is 26.4 Å². The van der Waals surface area contributed by atoms with Crippen molar-refractivity contribution in [2.24, 2.45) is 30.0 Å². The number of rotatable bonds is 9. The van der Waals surface area contributed by atoms with Gasteiger partial charge in [0.05, 0.1) is 11.7 Å². The molecule has 0 radical (unpaired) electrons. The van der Waals surface area contributed by atoms with Gasteiger partial charge in [0.1, 0.15) is 84.2 Å². The number of fused-ring (bicyclic) bond motifs is 4. The summed E-state index contributed by atoms with van der Waals surface area (Å²) in [5.41, 5.74) is 4.73. The molecule has 278 valence electrons. The van der Waals surface area contributed by atoms with E-state index in [1.807, 2.05) is 115 Å². The van der Waals surface area contributed by atoms with Crippen LogP contribution in [0.25, 0.3) is 11.1 Å². The highest BCUT2D eigenvalue weighted by molar-refractivity contribution is 5.83. The Kier molecular flexibility index (Phi) is 14.7. The first kappa shape index (κ1) is 38.2. The van der Waals surface area contributed by atoms with E-state index in [9.17, 15) is 0 Å². The summed E-state index contributed by atoms with van der Waals surface area (Å²) in [6.07, 6.45) is 7.30. The number of benzene rings is 5. The highest BCUT2D eigenvalue weighted by atomic mass is 16.5. The van der Waals surface area contributed by atoms with Crippen LogP contribution < -0.4 is 18.9 Å². The van der Waals surface area contributed by atoms with Crippen LogP contribution in [0.1, 0.15) is 45.4 Å². The molecule has 0 aromatic heterocycles. The summed E-state index contributed by atoms with van der Waals surface area (Å²) in [7, 11) is 0. The Morgan fingerprint density at radius 2 is 1.05 bits per heavy atom. The van der Waals surface area contributed by atoms with Crippen LogP contribution in [0.2, 0.25) is 0 Å². The summed E-state index contributed by atoms with van der Waals surface area (Å²) >= 11 is 0. The maximum Gasteiger partial charge on any atom is 0.146 e. The average Bonchev–Trinajstić information content (AvgIpc) is 3.22. The summed E-state index contributed by atoms with van der Waals surface area (Å²) in [4.78, 5) is 27.0. The summed E-state index contributed by atoms with van der Waals surface area (Å²) < 4.78 is 24.5. The SMILES string of the molecule is CCCCCCCCN=C=Nc1cccc(-c2cccc3c2N=C=Nc2ccccc2OCCOc2ccccc2N=C=Nc2ccccc2OCCO3)c1. The molecule has 5 aromatic carbocycles. The molecule has 0 unspecified atom stereocenters. The maximum absolute atomic E-state index is 6.29. The van der Waals surface area contributed by atoms with Crippen molar-refractivity contribution >= 4 is 46.5 Å². The predicted octanol–water partition coefficient (Wildman–Crippen LogP) is 12.0. The van der Waals surface area contributed by atoms with Crippen molar-refractivity contribution in [2.75, 3.05) is 33.0 Å². The van der Waals surface area contributed by atoms with Crippen molar-refractivity contribution in [3.8, 4) is 34.1 Å². The Morgan fingerprint density at radius 3 is 1.67 bits per heavy atom. The highest BCUT2D eigenvalue weighted by Crippen LogP contribution is 2.39. The zero-order chi connectivity index (χ0) is 37.8. The fraction of sp³-hybridized carbons (Fsp3) is 0.267. The molecule has 1 aliphatic rings. The van der Waals surface area contributed by atoms with Crippen LogP contribution in [0, 0.1) is 0 Å². The molecule has 0 fully saturated rings. The summed E-state index contributed by atoms with van der Waals surface area (Å²) in [6, 6.07) is 44.5. The molecule has 0 saturated heterocycles. The van der Waals surface area contributed by atoms with Crippen molar-refractivity contribution in [3.63, 3.8) is 0 Å². The summed E-state index contributed by atoms with van der Waals surface area (Å²) in [5, 5.41) is 0.